The van der Waals surface area contributed by atoms with Crippen LogP contribution in [-0.2, 0) is 6.42 Å². The second-order valence-corrected chi connectivity index (χ2v) is 5.70. The summed E-state index contributed by atoms with van der Waals surface area (Å²) in [6.07, 6.45) is 6.74. The van der Waals surface area contributed by atoms with E-state index >= 15 is 0 Å². The van der Waals surface area contributed by atoms with E-state index in [1.165, 1.54) is 31.2 Å². The molecule has 0 amide bonds. The first kappa shape index (κ1) is 11.1. The quantitative estimate of drug-likeness (QED) is 0.863. The molecule has 2 heteroatoms. The van der Waals surface area contributed by atoms with Gasteiger partial charge in [0.25, 0.3) is 0 Å². The van der Waals surface area contributed by atoms with E-state index in [0.29, 0.717) is 11.6 Å². The molecule has 2 nitrogen and oxygen atoms in total. The highest BCUT2D eigenvalue weighted by atomic mass is 16.5. The van der Waals surface area contributed by atoms with Gasteiger partial charge in [-0.2, -0.15) is 0 Å². The fourth-order valence-electron chi connectivity index (χ4n) is 3.06. The minimum absolute atomic E-state index is 0.324. The third-order valence-corrected chi connectivity index (χ3v) is 4.18. The number of ether oxygens (including phenoxy) is 1. The van der Waals surface area contributed by atoms with Crippen LogP contribution in [0.1, 0.15) is 38.2 Å². The molecular weight excluding hydrogens is 210 g/mol. The molecule has 1 aliphatic carbocycles. The summed E-state index contributed by atoms with van der Waals surface area (Å²) >= 11 is 0. The molecule has 2 aliphatic rings. The minimum Gasteiger partial charge on any atom is -0.488 e. The Hall–Kier alpha value is -1.02. The van der Waals surface area contributed by atoms with E-state index in [2.05, 4.69) is 30.4 Å². The molecule has 0 aromatic heterocycles. The van der Waals surface area contributed by atoms with Crippen LogP contribution in [0.5, 0.6) is 5.75 Å². The molecular formula is C15H21NO. The summed E-state index contributed by atoms with van der Waals surface area (Å²) in [4.78, 5) is 0. The molecule has 0 spiro atoms. The maximum Gasteiger partial charge on any atom is 0.123 e. The molecule has 1 aromatic rings. The van der Waals surface area contributed by atoms with E-state index < -0.39 is 0 Å². The zero-order valence-electron chi connectivity index (χ0n) is 10.5. The summed E-state index contributed by atoms with van der Waals surface area (Å²) < 4.78 is 5.95. The van der Waals surface area contributed by atoms with Gasteiger partial charge < -0.3 is 10.1 Å². The Labute approximate surface area is 103 Å². The van der Waals surface area contributed by atoms with Gasteiger partial charge in [-0.1, -0.05) is 31.0 Å². The molecule has 1 saturated carbocycles. The minimum atomic E-state index is 0.324. The monoisotopic (exact) mass is 231 g/mol. The van der Waals surface area contributed by atoms with Crippen molar-refractivity contribution in [2.45, 2.75) is 50.7 Å². The highest BCUT2D eigenvalue weighted by molar-refractivity contribution is 5.37. The van der Waals surface area contributed by atoms with E-state index in [1.54, 1.807) is 0 Å². The molecule has 1 fully saturated rings. The Balaban J connectivity index is 1.55. The van der Waals surface area contributed by atoms with Crippen molar-refractivity contribution in [3.8, 4) is 5.75 Å². The second-order valence-electron chi connectivity index (χ2n) is 5.70. The van der Waals surface area contributed by atoms with E-state index in [-0.39, 0.29) is 0 Å². The number of para-hydroxylation sites is 1. The van der Waals surface area contributed by atoms with Crippen molar-refractivity contribution in [2.75, 3.05) is 6.54 Å². The molecule has 1 aliphatic heterocycles. The molecule has 1 atom stereocenters. The van der Waals surface area contributed by atoms with E-state index in [0.717, 1.165) is 18.7 Å². The standard InChI is InChI=1S/C15H21NO/c1-15(8-4-5-9-15)16-11-13-10-12-6-2-3-7-14(12)17-13/h2-3,6-7,13,16H,4-5,8-11H2,1H3. The van der Waals surface area contributed by atoms with Gasteiger partial charge in [-0.15, -0.1) is 0 Å². The van der Waals surface area contributed by atoms with E-state index in [4.69, 9.17) is 4.74 Å². The Morgan fingerprint density at radius 1 is 1.29 bits per heavy atom. The van der Waals surface area contributed by atoms with Gasteiger partial charge in [-0.25, -0.2) is 0 Å². The van der Waals surface area contributed by atoms with Gasteiger partial charge in [0.1, 0.15) is 11.9 Å². The van der Waals surface area contributed by atoms with Crippen LogP contribution in [0.25, 0.3) is 0 Å². The molecule has 1 heterocycles. The number of hydrogen-bond acceptors (Lipinski definition) is 2. The summed E-state index contributed by atoms with van der Waals surface area (Å²) in [6, 6.07) is 8.39. The van der Waals surface area contributed by atoms with Crippen molar-refractivity contribution in [1.82, 2.24) is 5.32 Å². The van der Waals surface area contributed by atoms with Crippen molar-refractivity contribution >= 4 is 0 Å². The van der Waals surface area contributed by atoms with Crippen LogP contribution in [0, 0.1) is 0 Å². The molecule has 0 radical (unpaired) electrons. The number of rotatable bonds is 3. The lowest BCUT2D eigenvalue weighted by molar-refractivity contribution is 0.205. The van der Waals surface area contributed by atoms with Gasteiger partial charge in [0.2, 0.25) is 0 Å². The zero-order chi connectivity index (χ0) is 11.7. The number of hydrogen-bond donors (Lipinski definition) is 1. The van der Waals surface area contributed by atoms with Crippen LogP contribution in [0.15, 0.2) is 24.3 Å². The fraction of sp³-hybridized carbons (Fsp3) is 0.600. The summed E-state index contributed by atoms with van der Waals surface area (Å²) in [5.74, 6) is 1.08. The van der Waals surface area contributed by atoms with Gasteiger partial charge in [-0.05, 0) is 31.4 Å². The summed E-state index contributed by atoms with van der Waals surface area (Å²) in [6.45, 7) is 3.33. The first-order chi connectivity index (χ1) is 8.25. The maximum atomic E-state index is 5.95. The molecule has 1 aromatic carbocycles. The Morgan fingerprint density at radius 3 is 2.82 bits per heavy atom. The molecule has 1 N–H and O–H groups in total. The average Bonchev–Trinajstić information content (AvgIpc) is 2.93. The number of benzene rings is 1. The first-order valence-electron chi connectivity index (χ1n) is 6.75. The maximum absolute atomic E-state index is 5.95. The molecule has 92 valence electrons. The van der Waals surface area contributed by atoms with Crippen LogP contribution in [0.2, 0.25) is 0 Å². The van der Waals surface area contributed by atoms with E-state index in [9.17, 15) is 0 Å². The fourth-order valence-corrected chi connectivity index (χ4v) is 3.06. The second kappa shape index (κ2) is 4.34. The SMILES string of the molecule is CC1(NCC2Cc3ccccc3O2)CCCC1. The Kier molecular flexibility index (Phi) is 2.83. The average molecular weight is 231 g/mol. The lowest BCUT2D eigenvalue weighted by Gasteiger charge is -2.27. The van der Waals surface area contributed by atoms with Crippen LogP contribution in [-0.4, -0.2) is 18.2 Å². The van der Waals surface area contributed by atoms with Crippen molar-refractivity contribution < 1.29 is 4.74 Å². The van der Waals surface area contributed by atoms with Crippen LogP contribution in [0.3, 0.4) is 0 Å². The normalized spacial score (nSPS) is 25.6. The van der Waals surface area contributed by atoms with Crippen LogP contribution in [0.4, 0.5) is 0 Å². The Morgan fingerprint density at radius 2 is 2.06 bits per heavy atom. The molecule has 1 unspecified atom stereocenters. The molecule has 17 heavy (non-hydrogen) atoms. The van der Waals surface area contributed by atoms with Gasteiger partial charge in [0, 0.05) is 18.5 Å². The van der Waals surface area contributed by atoms with Gasteiger partial charge in [0.05, 0.1) is 0 Å². The smallest absolute Gasteiger partial charge is 0.123 e. The highest BCUT2D eigenvalue weighted by Crippen LogP contribution is 2.31. The van der Waals surface area contributed by atoms with Gasteiger partial charge >= 0.3 is 0 Å². The highest BCUT2D eigenvalue weighted by Gasteiger charge is 2.30. The largest absolute Gasteiger partial charge is 0.488 e. The summed E-state index contributed by atoms with van der Waals surface area (Å²) in [5, 5.41) is 3.71. The van der Waals surface area contributed by atoms with Crippen molar-refractivity contribution in [3.63, 3.8) is 0 Å². The van der Waals surface area contributed by atoms with Gasteiger partial charge in [0.15, 0.2) is 0 Å². The topological polar surface area (TPSA) is 21.3 Å². The van der Waals surface area contributed by atoms with Crippen molar-refractivity contribution in [3.05, 3.63) is 29.8 Å². The third kappa shape index (κ3) is 2.32. The van der Waals surface area contributed by atoms with Crippen LogP contribution < -0.4 is 10.1 Å². The lowest BCUT2D eigenvalue weighted by Crippen LogP contribution is -2.44. The lowest BCUT2D eigenvalue weighted by atomic mass is 10.00. The zero-order valence-corrected chi connectivity index (χ0v) is 10.5. The van der Waals surface area contributed by atoms with Crippen molar-refractivity contribution in [1.29, 1.82) is 0 Å². The molecule has 0 saturated heterocycles. The molecule has 3 rings (SSSR count). The third-order valence-electron chi connectivity index (χ3n) is 4.18. The summed E-state index contributed by atoms with van der Waals surface area (Å²) in [5.41, 5.74) is 1.72. The van der Waals surface area contributed by atoms with Crippen LogP contribution >= 0.6 is 0 Å². The number of fused-ring (bicyclic) bond motifs is 1. The molecule has 0 bridgehead atoms. The predicted octanol–water partition coefficient (Wildman–Crippen LogP) is 2.91. The van der Waals surface area contributed by atoms with Crippen molar-refractivity contribution in [2.24, 2.45) is 0 Å². The predicted molar refractivity (Wildman–Crippen MR) is 69.4 cm³/mol. The summed E-state index contributed by atoms with van der Waals surface area (Å²) in [7, 11) is 0. The first-order valence-corrected chi connectivity index (χ1v) is 6.75. The number of nitrogens with one attached hydrogen (secondary N) is 1. The van der Waals surface area contributed by atoms with E-state index in [1.807, 2.05) is 6.07 Å². The Bertz CT molecular complexity index is 371. The van der Waals surface area contributed by atoms with Gasteiger partial charge in [-0.3, -0.25) is 0 Å².